The van der Waals surface area contributed by atoms with E-state index in [1.807, 2.05) is 18.2 Å². The second-order valence-electron chi connectivity index (χ2n) is 5.69. The maximum atomic E-state index is 13.4. The van der Waals surface area contributed by atoms with Crippen LogP contribution in [0.15, 0.2) is 41.8 Å². The molecule has 1 heterocycles. The Morgan fingerprint density at radius 1 is 1.11 bits per heavy atom. The lowest BCUT2D eigenvalue weighted by Gasteiger charge is -2.14. The average molecular weight is 404 g/mol. The fraction of sp³-hybridized carbons (Fsp3) is 0.158. The van der Waals surface area contributed by atoms with Gasteiger partial charge < -0.3 is 20.1 Å². The van der Waals surface area contributed by atoms with E-state index in [9.17, 15) is 8.78 Å². The van der Waals surface area contributed by atoms with Gasteiger partial charge in [0.15, 0.2) is 11.1 Å². The Labute approximate surface area is 164 Å². The van der Waals surface area contributed by atoms with Crippen LogP contribution in [-0.2, 0) is 6.54 Å². The molecule has 0 saturated carbocycles. The minimum atomic E-state index is -0.669. The first-order chi connectivity index (χ1) is 13.5. The molecular weight excluding hydrogens is 386 g/mol. The van der Waals surface area contributed by atoms with E-state index in [-0.39, 0.29) is 5.96 Å². The number of ether oxygens (including phenoxy) is 2. The van der Waals surface area contributed by atoms with Crippen molar-refractivity contribution in [3.05, 3.63) is 59.0 Å². The summed E-state index contributed by atoms with van der Waals surface area (Å²) in [6, 6.07) is 8.65. The summed E-state index contributed by atoms with van der Waals surface area (Å²) in [6.45, 7) is 0.298. The number of hydrogen-bond acceptors (Lipinski definition) is 5. The molecule has 6 nitrogen and oxygen atoms in total. The molecule has 0 bridgehead atoms. The van der Waals surface area contributed by atoms with E-state index in [4.69, 9.17) is 14.9 Å². The van der Waals surface area contributed by atoms with Crippen LogP contribution in [0.25, 0.3) is 11.3 Å². The molecule has 28 heavy (non-hydrogen) atoms. The molecule has 3 rings (SSSR count). The summed E-state index contributed by atoms with van der Waals surface area (Å²) in [5.41, 5.74) is 1.53. The zero-order valence-electron chi connectivity index (χ0n) is 15.2. The lowest BCUT2D eigenvalue weighted by Crippen LogP contribution is -2.29. The molecular formula is C19H18F2N4O2S. The third-order valence-corrected chi connectivity index (χ3v) is 4.62. The van der Waals surface area contributed by atoms with Crippen LogP contribution in [0.1, 0.15) is 5.56 Å². The Morgan fingerprint density at radius 3 is 2.36 bits per heavy atom. The van der Waals surface area contributed by atoms with Gasteiger partial charge in [-0.25, -0.2) is 13.8 Å². The summed E-state index contributed by atoms with van der Waals surface area (Å²) in [6.07, 6.45) is 0. The van der Waals surface area contributed by atoms with Crippen LogP contribution in [0.2, 0.25) is 0 Å². The Morgan fingerprint density at radius 2 is 1.75 bits per heavy atom. The van der Waals surface area contributed by atoms with Crippen molar-refractivity contribution in [3.8, 4) is 22.8 Å². The van der Waals surface area contributed by atoms with Crippen molar-refractivity contribution >= 4 is 22.4 Å². The van der Waals surface area contributed by atoms with Gasteiger partial charge in [0.25, 0.3) is 0 Å². The second kappa shape index (κ2) is 8.66. The number of nitrogens with zero attached hydrogens (tertiary/aromatic N) is 1. The normalized spacial score (nSPS) is 10.4. The Bertz CT molecular complexity index is 951. The molecule has 2 aromatic carbocycles. The van der Waals surface area contributed by atoms with Crippen LogP contribution in [0.3, 0.4) is 0 Å². The summed E-state index contributed by atoms with van der Waals surface area (Å²) >= 11 is 1.22. The van der Waals surface area contributed by atoms with Crippen molar-refractivity contribution in [2.24, 2.45) is 0 Å². The molecule has 0 fully saturated rings. The van der Waals surface area contributed by atoms with Crippen molar-refractivity contribution < 1.29 is 18.3 Å². The number of anilines is 1. The number of hydrogen-bond donors (Lipinski definition) is 3. The highest BCUT2D eigenvalue weighted by molar-refractivity contribution is 7.14. The molecule has 0 spiro atoms. The quantitative estimate of drug-likeness (QED) is 0.423. The topological polar surface area (TPSA) is 79.3 Å². The molecule has 9 heteroatoms. The zero-order chi connectivity index (χ0) is 20.1. The molecule has 0 aliphatic rings. The largest absolute Gasteiger partial charge is 0.496 e. The summed E-state index contributed by atoms with van der Waals surface area (Å²) < 4.78 is 37.4. The van der Waals surface area contributed by atoms with Crippen LogP contribution in [0, 0.1) is 17.0 Å². The van der Waals surface area contributed by atoms with E-state index in [1.165, 1.54) is 23.5 Å². The average Bonchev–Trinajstić information content (AvgIpc) is 3.13. The number of thiazole rings is 1. The van der Waals surface area contributed by atoms with Gasteiger partial charge in [-0.3, -0.25) is 5.41 Å². The van der Waals surface area contributed by atoms with E-state index in [2.05, 4.69) is 15.6 Å². The summed E-state index contributed by atoms with van der Waals surface area (Å²) in [5, 5.41) is 15.9. The highest BCUT2D eigenvalue weighted by Gasteiger charge is 2.12. The van der Waals surface area contributed by atoms with Gasteiger partial charge in [-0.1, -0.05) is 6.07 Å². The van der Waals surface area contributed by atoms with Crippen molar-refractivity contribution in [2.45, 2.75) is 6.54 Å². The van der Waals surface area contributed by atoms with Gasteiger partial charge in [0.2, 0.25) is 0 Å². The Kier molecular flexibility index (Phi) is 6.05. The summed E-state index contributed by atoms with van der Waals surface area (Å²) in [5.74, 6) is -0.0386. The SMILES string of the molecule is COc1cccc(OC)c1CNC(=N)Nc1nc(-c2cc(F)cc(F)c2)cs1. The van der Waals surface area contributed by atoms with E-state index in [0.717, 1.165) is 11.6 Å². The number of benzene rings is 2. The fourth-order valence-electron chi connectivity index (χ4n) is 2.60. The van der Waals surface area contributed by atoms with E-state index < -0.39 is 11.6 Å². The van der Waals surface area contributed by atoms with Gasteiger partial charge in [-0.05, 0) is 24.3 Å². The van der Waals surface area contributed by atoms with Crippen LogP contribution in [0.4, 0.5) is 13.9 Å². The van der Waals surface area contributed by atoms with Crippen molar-refractivity contribution in [1.82, 2.24) is 10.3 Å². The van der Waals surface area contributed by atoms with Crippen LogP contribution >= 0.6 is 11.3 Å². The Balaban J connectivity index is 1.66. The van der Waals surface area contributed by atoms with Gasteiger partial charge in [0.05, 0.1) is 32.0 Å². The monoisotopic (exact) mass is 404 g/mol. The minimum absolute atomic E-state index is 0.0132. The van der Waals surface area contributed by atoms with Crippen molar-refractivity contribution in [2.75, 3.05) is 19.5 Å². The molecule has 3 N–H and O–H groups in total. The number of aromatic nitrogens is 1. The minimum Gasteiger partial charge on any atom is -0.496 e. The molecule has 0 saturated heterocycles. The zero-order valence-corrected chi connectivity index (χ0v) is 16.0. The second-order valence-corrected chi connectivity index (χ2v) is 6.55. The number of guanidine groups is 1. The maximum absolute atomic E-state index is 13.4. The molecule has 1 aromatic heterocycles. The summed E-state index contributed by atoms with van der Waals surface area (Å²) in [4.78, 5) is 4.27. The molecule has 3 aromatic rings. The molecule has 0 aliphatic heterocycles. The molecule has 0 aliphatic carbocycles. The molecule has 146 valence electrons. The third kappa shape index (κ3) is 4.55. The van der Waals surface area contributed by atoms with Gasteiger partial charge in [0.1, 0.15) is 23.1 Å². The lowest BCUT2D eigenvalue weighted by atomic mass is 10.1. The molecule has 0 unspecified atom stereocenters. The molecule has 0 radical (unpaired) electrons. The van der Waals surface area contributed by atoms with Gasteiger partial charge in [-0.2, -0.15) is 0 Å². The predicted molar refractivity (Wildman–Crippen MR) is 105 cm³/mol. The first kappa shape index (κ1) is 19.6. The number of methoxy groups -OCH3 is 2. The standard InChI is InChI=1S/C19H18F2N4O2S/c1-26-16-4-3-5-17(27-2)14(16)9-23-18(22)25-19-24-15(10-28-19)11-6-12(20)8-13(21)7-11/h3-8,10H,9H2,1-2H3,(H3,22,23,24,25). The molecule has 0 atom stereocenters. The molecule has 0 amide bonds. The lowest BCUT2D eigenvalue weighted by molar-refractivity contribution is 0.384. The van der Waals surface area contributed by atoms with Crippen LogP contribution in [0.5, 0.6) is 11.5 Å². The van der Waals surface area contributed by atoms with Gasteiger partial charge in [0, 0.05) is 17.0 Å². The van der Waals surface area contributed by atoms with Crippen LogP contribution in [-0.4, -0.2) is 25.2 Å². The number of halogens is 2. The van der Waals surface area contributed by atoms with Crippen LogP contribution < -0.4 is 20.1 Å². The Hall–Kier alpha value is -3.20. The highest BCUT2D eigenvalue weighted by Crippen LogP contribution is 2.28. The first-order valence-corrected chi connectivity index (χ1v) is 9.09. The third-order valence-electron chi connectivity index (χ3n) is 3.87. The fourth-order valence-corrected chi connectivity index (χ4v) is 3.32. The highest BCUT2D eigenvalue weighted by atomic mass is 32.1. The number of rotatable bonds is 6. The van der Waals surface area contributed by atoms with Gasteiger partial charge in [-0.15, -0.1) is 11.3 Å². The van der Waals surface area contributed by atoms with E-state index in [0.29, 0.717) is 34.4 Å². The van der Waals surface area contributed by atoms with E-state index in [1.54, 1.807) is 19.6 Å². The predicted octanol–water partition coefficient (Wildman–Crippen LogP) is 4.24. The first-order valence-electron chi connectivity index (χ1n) is 8.21. The van der Waals surface area contributed by atoms with E-state index >= 15 is 0 Å². The maximum Gasteiger partial charge on any atom is 0.195 e. The number of nitrogens with one attached hydrogen (secondary N) is 3. The van der Waals surface area contributed by atoms with Crippen molar-refractivity contribution in [3.63, 3.8) is 0 Å². The van der Waals surface area contributed by atoms with Crippen molar-refractivity contribution in [1.29, 1.82) is 5.41 Å². The summed E-state index contributed by atoms with van der Waals surface area (Å²) in [7, 11) is 3.13. The van der Waals surface area contributed by atoms with Gasteiger partial charge >= 0.3 is 0 Å². The smallest absolute Gasteiger partial charge is 0.195 e.